The quantitative estimate of drug-likeness (QED) is 0.702. The molecule has 0 bridgehead atoms. The molecule has 0 aliphatic carbocycles. The molecular weight excluding hydrogens is 192 g/mol. The Kier molecular flexibility index (Phi) is 3.72. The van der Waals surface area contributed by atoms with Gasteiger partial charge in [-0.2, -0.15) is 0 Å². The van der Waals surface area contributed by atoms with E-state index in [1.807, 2.05) is 13.8 Å². The van der Waals surface area contributed by atoms with Crippen molar-refractivity contribution >= 4 is 0 Å². The summed E-state index contributed by atoms with van der Waals surface area (Å²) >= 11 is 0. The zero-order valence-electron chi connectivity index (χ0n) is 9.14. The van der Waals surface area contributed by atoms with Gasteiger partial charge < -0.3 is 15.3 Å². The minimum absolute atomic E-state index is 0.0675. The predicted octanol–water partition coefficient (Wildman–Crippen LogP) is 1.31. The maximum Gasteiger partial charge on any atom is 0.118 e. The van der Waals surface area contributed by atoms with Gasteiger partial charge in [-0.05, 0) is 17.5 Å². The van der Waals surface area contributed by atoms with Gasteiger partial charge >= 0.3 is 0 Å². The molecule has 1 aromatic rings. The number of hydrogen-bond acceptors (Lipinski definition) is 3. The van der Waals surface area contributed by atoms with Gasteiger partial charge in [0.25, 0.3) is 0 Å². The van der Waals surface area contributed by atoms with E-state index in [-0.39, 0.29) is 24.7 Å². The van der Waals surface area contributed by atoms with Gasteiger partial charge in [-0.25, -0.2) is 0 Å². The smallest absolute Gasteiger partial charge is 0.118 e. The molecule has 3 nitrogen and oxygen atoms in total. The summed E-state index contributed by atoms with van der Waals surface area (Å²) in [6.07, 6.45) is 0.258. The standard InChI is InChI=1S/C12H18O3/c1-9(2)12(15,8-13)7-10-5-3-4-6-11(10)14/h3-6,9,13-15H,7-8H2,1-2H3. The molecule has 0 heterocycles. The van der Waals surface area contributed by atoms with Crippen molar-refractivity contribution in [3.63, 3.8) is 0 Å². The van der Waals surface area contributed by atoms with Crippen LogP contribution in [0.25, 0.3) is 0 Å². The summed E-state index contributed by atoms with van der Waals surface area (Å²) in [4.78, 5) is 0. The van der Waals surface area contributed by atoms with E-state index in [1.54, 1.807) is 24.3 Å². The van der Waals surface area contributed by atoms with E-state index < -0.39 is 5.60 Å². The van der Waals surface area contributed by atoms with Crippen LogP contribution in [0.5, 0.6) is 5.75 Å². The van der Waals surface area contributed by atoms with Crippen LogP contribution in [0.1, 0.15) is 19.4 Å². The zero-order chi connectivity index (χ0) is 11.5. The molecule has 0 aromatic heterocycles. The Balaban J connectivity index is 2.89. The van der Waals surface area contributed by atoms with Crippen molar-refractivity contribution < 1.29 is 15.3 Å². The van der Waals surface area contributed by atoms with Crippen molar-refractivity contribution in [2.75, 3.05) is 6.61 Å². The van der Waals surface area contributed by atoms with Gasteiger partial charge in [0.1, 0.15) is 5.75 Å². The molecule has 0 radical (unpaired) electrons. The van der Waals surface area contributed by atoms with Crippen molar-refractivity contribution in [2.45, 2.75) is 25.9 Å². The van der Waals surface area contributed by atoms with Crippen molar-refractivity contribution in [1.29, 1.82) is 0 Å². The second kappa shape index (κ2) is 4.64. The lowest BCUT2D eigenvalue weighted by Gasteiger charge is -2.30. The van der Waals surface area contributed by atoms with Crippen molar-refractivity contribution in [3.8, 4) is 5.75 Å². The average molecular weight is 210 g/mol. The maximum atomic E-state index is 10.1. The van der Waals surface area contributed by atoms with Crippen LogP contribution in [0.3, 0.4) is 0 Å². The van der Waals surface area contributed by atoms with Crippen molar-refractivity contribution in [3.05, 3.63) is 29.8 Å². The average Bonchev–Trinajstić information content (AvgIpc) is 2.21. The third kappa shape index (κ3) is 2.70. The lowest BCUT2D eigenvalue weighted by Crippen LogP contribution is -2.41. The summed E-state index contributed by atoms with van der Waals surface area (Å²) in [6.45, 7) is 3.38. The van der Waals surface area contributed by atoms with Gasteiger partial charge in [0.15, 0.2) is 0 Å². The molecule has 1 aromatic carbocycles. The minimum Gasteiger partial charge on any atom is -0.508 e. The highest BCUT2D eigenvalue weighted by molar-refractivity contribution is 5.33. The summed E-state index contributed by atoms with van der Waals surface area (Å²) in [5.41, 5.74) is -0.512. The number of para-hydroxylation sites is 1. The first kappa shape index (κ1) is 12.0. The first-order valence-electron chi connectivity index (χ1n) is 5.09. The van der Waals surface area contributed by atoms with Crippen LogP contribution in [0.15, 0.2) is 24.3 Å². The molecule has 84 valence electrons. The number of aromatic hydroxyl groups is 1. The van der Waals surface area contributed by atoms with E-state index >= 15 is 0 Å². The third-order valence-corrected chi connectivity index (χ3v) is 2.84. The van der Waals surface area contributed by atoms with Crippen LogP contribution >= 0.6 is 0 Å². The van der Waals surface area contributed by atoms with Crippen LogP contribution in [0.2, 0.25) is 0 Å². The Hall–Kier alpha value is -1.06. The molecule has 15 heavy (non-hydrogen) atoms. The van der Waals surface area contributed by atoms with E-state index in [2.05, 4.69) is 0 Å². The summed E-state index contributed by atoms with van der Waals surface area (Å²) in [5, 5.41) is 28.8. The van der Waals surface area contributed by atoms with Gasteiger partial charge in [-0.1, -0.05) is 32.0 Å². The number of phenolic OH excluding ortho intramolecular Hbond substituents is 1. The van der Waals surface area contributed by atoms with E-state index in [4.69, 9.17) is 0 Å². The fraction of sp³-hybridized carbons (Fsp3) is 0.500. The molecule has 3 N–H and O–H groups in total. The molecule has 0 aliphatic rings. The molecule has 3 heteroatoms. The highest BCUT2D eigenvalue weighted by Gasteiger charge is 2.31. The van der Waals surface area contributed by atoms with Gasteiger partial charge in [-0.15, -0.1) is 0 Å². The van der Waals surface area contributed by atoms with Gasteiger partial charge in [0.05, 0.1) is 12.2 Å². The number of hydrogen-bond donors (Lipinski definition) is 3. The highest BCUT2D eigenvalue weighted by atomic mass is 16.3. The SMILES string of the molecule is CC(C)C(O)(CO)Cc1ccccc1O. The van der Waals surface area contributed by atoms with E-state index in [1.165, 1.54) is 0 Å². The van der Waals surface area contributed by atoms with Crippen LogP contribution in [-0.2, 0) is 6.42 Å². The summed E-state index contributed by atoms with van der Waals surface area (Å²) < 4.78 is 0. The zero-order valence-corrected chi connectivity index (χ0v) is 9.14. The topological polar surface area (TPSA) is 60.7 Å². The molecule has 0 amide bonds. The first-order valence-corrected chi connectivity index (χ1v) is 5.09. The fourth-order valence-corrected chi connectivity index (χ4v) is 1.43. The Morgan fingerprint density at radius 3 is 2.33 bits per heavy atom. The summed E-state index contributed by atoms with van der Waals surface area (Å²) in [7, 11) is 0. The largest absolute Gasteiger partial charge is 0.508 e. The molecule has 0 fully saturated rings. The number of aliphatic hydroxyl groups is 2. The fourth-order valence-electron chi connectivity index (χ4n) is 1.43. The molecule has 1 atom stereocenters. The number of phenols is 1. The molecule has 1 unspecified atom stereocenters. The van der Waals surface area contributed by atoms with Crippen LogP contribution in [0, 0.1) is 5.92 Å². The number of benzene rings is 1. The van der Waals surface area contributed by atoms with Crippen LogP contribution in [0.4, 0.5) is 0 Å². The second-order valence-corrected chi connectivity index (χ2v) is 4.22. The normalized spacial score (nSPS) is 15.3. The maximum absolute atomic E-state index is 10.1. The molecule has 0 spiro atoms. The Morgan fingerprint density at radius 2 is 1.87 bits per heavy atom. The third-order valence-electron chi connectivity index (χ3n) is 2.84. The highest BCUT2D eigenvalue weighted by Crippen LogP contribution is 2.26. The van der Waals surface area contributed by atoms with E-state index in [9.17, 15) is 15.3 Å². The van der Waals surface area contributed by atoms with Crippen LogP contribution in [-0.4, -0.2) is 27.5 Å². The van der Waals surface area contributed by atoms with Gasteiger partial charge in [0, 0.05) is 6.42 Å². The van der Waals surface area contributed by atoms with Crippen LogP contribution < -0.4 is 0 Å². The Bertz CT molecular complexity index is 322. The van der Waals surface area contributed by atoms with Crippen molar-refractivity contribution in [2.24, 2.45) is 5.92 Å². The second-order valence-electron chi connectivity index (χ2n) is 4.22. The Morgan fingerprint density at radius 1 is 1.27 bits per heavy atom. The van der Waals surface area contributed by atoms with Gasteiger partial charge in [-0.3, -0.25) is 0 Å². The summed E-state index contributed by atoms with van der Waals surface area (Å²) in [6, 6.07) is 6.85. The Labute approximate surface area is 90.0 Å². The van der Waals surface area contributed by atoms with Gasteiger partial charge in [0.2, 0.25) is 0 Å². The molecule has 0 saturated carbocycles. The van der Waals surface area contributed by atoms with E-state index in [0.717, 1.165) is 0 Å². The lowest BCUT2D eigenvalue weighted by molar-refractivity contribution is -0.0507. The molecule has 1 rings (SSSR count). The molecule has 0 saturated heterocycles. The lowest BCUT2D eigenvalue weighted by atomic mass is 9.85. The summed E-state index contributed by atoms with van der Waals surface area (Å²) in [5.74, 6) is 0.0899. The minimum atomic E-state index is -1.17. The first-order chi connectivity index (χ1) is 6.99. The monoisotopic (exact) mass is 210 g/mol. The van der Waals surface area contributed by atoms with E-state index in [0.29, 0.717) is 5.56 Å². The number of aliphatic hydroxyl groups excluding tert-OH is 1. The molecule has 0 aliphatic heterocycles. The number of rotatable bonds is 4. The molecular formula is C12H18O3. The predicted molar refractivity (Wildman–Crippen MR) is 58.7 cm³/mol. The van der Waals surface area contributed by atoms with Crippen molar-refractivity contribution in [1.82, 2.24) is 0 Å².